The Kier molecular flexibility index (Phi) is 5.35. The zero-order valence-electron chi connectivity index (χ0n) is 21.5. The van der Waals surface area contributed by atoms with Crippen molar-refractivity contribution in [3.05, 3.63) is 84.4 Å². The van der Waals surface area contributed by atoms with E-state index in [4.69, 9.17) is 4.98 Å². The zero-order valence-corrected chi connectivity index (χ0v) is 21.5. The van der Waals surface area contributed by atoms with Crippen molar-refractivity contribution in [1.29, 1.82) is 0 Å². The van der Waals surface area contributed by atoms with E-state index in [1.165, 1.54) is 28.1 Å². The quantitative estimate of drug-likeness (QED) is 0.366. The van der Waals surface area contributed by atoms with Crippen molar-refractivity contribution in [2.75, 3.05) is 9.80 Å². The Hall–Kier alpha value is -3.07. The number of anilines is 3. The summed E-state index contributed by atoms with van der Waals surface area (Å²) >= 11 is 0. The normalized spacial score (nSPS) is 25.2. The van der Waals surface area contributed by atoms with Crippen LogP contribution in [0.15, 0.2) is 73.3 Å². The standard InChI is InChI=1S/C31H37N3/c1-8-30(7)29-33(21(4)5)27-20-19-25(23-16-12-11-15-22(23)6)32-28(27)34(29)26-18-14-13-17-24(26)31(30,9-2)10-3/h9,11-21,29H,2,8,10H2,1,3-7H3. The first-order valence-electron chi connectivity index (χ1n) is 12.7. The Labute approximate surface area is 205 Å². The van der Waals surface area contributed by atoms with Gasteiger partial charge in [-0.3, -0.25) is 0 Å². The van der Waals surface area contributed by atoms with E-state index in [0.717, 1.165) is 24.4 Å². The number of para-hydroxylation sites is 1. The molecule has 0 saturated heterocycles. The summed E-state index contributed by atoms with van der Waals surface area (Å²) in [5.74, 6) is 1.07. The average molecular weight is 452 g/mol. The largest absolute Gasteiger partial charge is 0.345 e. The number of hydrogen-bond donors (Lipinski definition) is 0. The smallest absolute Gasteiger partial charge is 0.159 e. The molecule has 2 aliphatic heterocycles. The minimum Gasteiger partial charge on any atom is -0.345 e. The molecule has 3 unspecified atom stereocenters. The summed E-state index contributed by atoms with van der Waals surface area (Å²) in [4.78, 5) is 10.5. The second kappa shape index (κ2) is 8.01. The second-order valence-corrected chi connectivity index (χ2v) is 10.4. The van der Waals surface area contributed by atoms with Gasteiger partial charge in [0.05, 0.1) is 11.4 Å². The van der Waals surface area contributed by atoms with Crippen LogP contribution in [0, 0.1) is 12.3 Å². The number of benzene rings is 2. The number of nitrogens with zero attached hydrogens (tertiary/aromatic N) is 3. The molecule has 3 aromatic rings. The molecule has 0 spiro atoms. The van der Waals surface area contributed by atoms with Gasteiger partial charge in [-0.2, -0.15) is 0 Å². The van der Waals surface area contributed by atoms with Gasteiger partial charge in [0.1, 0.15) is 6.17 Å². The summed E-state index contributed by atoms with van der Waals surface area (Å²) in [6.07, 6.45) is 4.47. The zero-order chi connectivity index (χ0) is 24.3. The van der Waals surface area contributed by atoms with E-state index >= 15 is 0 Å². The van der Waals surface area contributed by atoms with Crippen LogP contribution < -0.4 is 9.80 Å². The number of aromatic nitrogens is 1. The van der Waals surface area contributed by atoms with E-state index in [2.05, 4.69) is 125 Å². The molecule has 3 heteroatoms. The molecule has 3 nitrogen and oxygen atoms in total. The van der Waals surface area contributed by atoms with Gasteiger partial charge in [0.15, 0.2) is 5.82 Å². The van der Waals surface area contributed by atoms with Gasteiger partial charge in [-0.15, -0.1) is 6.58 Å². The Morgan fingerprint density at radius 3 is 2.32 bits per heavy atom. The molecule has 1 aromatic heterocycles. The molecular weight excluding hydrogens is 414 g/mol. The predicted molar refractivity (Wildman–Crippen MR) is 145 cm³/mol. The van der Waals surface area contributed by atoms with Crippen molar-refractivity contribution in [3.63, 3.8) is 0 Å². The first-order valence-corrected chi connectivity index (χ1v) is 12.7. The van der Waals surface area contributed by atoms with Crippen LogP contribution in [0.5, 0.6) is 0 Å². The second-order valence-electron chi connectivity index (χ2n) is 10.4. The van der Waals surface area contributed by atoms with Crippen molar-refractivity contribution in [2.45, 2.75) is 72.0 Å². The Balaban J connectivity index is 1.83. The van der Waals surface area contributed by atoms with Crippen molar-refractivity contribution >= 4 is 17.2 Å². The van der Waals surface area contributed by atoms with Crippen LogP contribution >= 0.6 is 0 Å². The summed E-state index contributed by atoms with van der Waals surface area (Å²) in [5.41, 5.74) is 7.17. The summed E-state index contributed by atoms with van der Waals surface area (Å²) in [5, 5.41) is 0. The van der Waals surface area contributed by atoms with Crippen LogP contribution in [0.1, 0.15) is 58.6 Å². The first-order chi connectivity index (χ1) is 16.3. The predicted octanol–water partition coefficient (Wildman–Crippen LogP) is 8.01. The highest BCUT2D eigenvalue weighted by molar-refractivity contribution is 5.87. The Morgan fingerprint density at radius 1 is 0.971 bits per heavy atom. The highest BCUT2D eigenvalue weighted by atomic mass is 15.5. The van der Waals surface area contributed by atoms with Gasteiger partial charge in [0.2, 0.25) is 0 Å². The Bertz CT molecular complexity index is 1240. The van der Waals surface area contributed by atoms with Crippen LogP contribution in [0.3, 0.4) is 0 Å². The monoisotopic (exact) mass is 451 g/mol. The summed E-state index contributed by atoms with van der Waals surface area (Å²) in [6.45, 7) is 18.3. The summed E-state index contributed by atoms with van der Waals surface area (Å²) in [7, 11) is 0. The number of hydrogen-bond acceptors (Lipinski definition) is 3. The van der Waals surface area contributed by atoms with Crippen LogP contribution in [0.4, 0.5) is 17.2 Å². The maximum atomic E-state index is 5.36. The SMILES string of the molecule is C=CC1(CC)c2ccccc2N2c3nc(-c4ccccc4C)ccc3N(C(C)C)C2C1(C)CC. The van der Waals surface area contributed by atoms with Crippen molar-refractivity contribution < 1.29 is 0 Å². The number of aryl methyl sites for hydroxylation is 1. The number of allylic oxidation sites excluding steroid dienone is 1. The molecule has 0 radical (unpaired) electrons. The third-order valence-electron chi connectivity index (χ3n) is 8.72. The van der Waals surface area contributed by atoms with Gasteiger partial charge in [-0.1, -0.05) is 69.3 Å². The van der Waals surface area contributed by atoms with Crippen LogP contribution in [0.25, 0.3) is 11.3 Å². The van der Waals surface area contributed by atoms with Gasteiger partial charge in [-0.05, 0) is 62.9 Å². The third kappa shape index (κ3) is 2.79. The molecule has 0 N–H and O–H groups in total. The summed E-state index contributed by atoms with van der Waals surface area (Å²) in [6, 6.07) is 22.3. The molecular formula is C31H37N3. The van der Waals surface area contributed by atoms with Crippen molar-refractivity contribution in [3.8, 4) is 11.3 Å². The van der Waals surface area contributed by atoms with Crippen LogP contribution in [0.2, 0.25) is 0 Å². The fourth-order valence-electron chi connectivity index (χ4n) is 6.78. The number of fused-ring (bicyclic) bond motifs is 5. The van der Waals surface area contributed by atoms with Crippen molar-refractivity contribution in [1.82, 2.24) is 4.98 Å². The maximum Gasteiger partial charge on any atom is 0.159 e. The van der Waals surface area contributed by atoms with Gasteiger partial charge in [-0.25, -0.2) is 4.98 Å². The molecule has 0 fully saturated rings. The highest BCUT2D eigenvalue weighted by Gasteiger charge is 2.61. The third-order valence-corrected chi connectivity index (χ3v) is 8.72. The maximum absolute atomic E-state index is 5.36. The number of rotatable bonds is 5. The average Bonchev–Trinajstić information content (AvgIpc) is 3.21. The van der Waals surface area contributed by atoms with Crippen molar-refractivity contribution in [2.24, 2.45) is 5.41 Å². The van der Waals surface area contributed by atoms with Gasteiger partial charge in [0.25, 0.3) is 0 Å². The van der Waals surface area contributed by atoms with Gasteiger partial charge >= 0.3 is 0 Å². The lowest BCUT2D eigenvalue weighted by Gasteiger charge is -2.59. The summed E-state index contributed by atoms with van der Waals surface area (Å²) < 4.78 is 0. The molecule has 0 amide bonds. The lowest BCUT2D eigenvalue weighted by molar-refractivity contribution is 0.112. The van der Waals surface area contributed by atoms with Crippen LogP contribution in [-0.2, 0) is 5.41 Å². The van der Waals surface area contributed by atoms with Gasteiger partial charge in [0, 0.05) is 28.1 Å². The highest BCUT2D eigenvalue weighted by Crippen LogP contribution is 2.63. The van der Waals surface area contributed by atoms with Gasteiger partial charge < -0.3 is 9.80 Å². The van der Waals surface area contributed by atoms with E-state index in [0.29, 0.717) is 6.04 Å². The molecule has 3 heterocycles. The molecule has 2 aliphatic rings. The number of pyridine rings is 1. The molecule has 0 aliphatic carbocycles. The molecule has 34 heavy (non-hydrogen) atoms. The fraction of sp³-hybridized carbons (Fsp3) is 0.387. The van der Waals surface area contributed by atoms with E-state index in [-0.39, 0.29) is 17.0 Å². The molecule has 0 bridgehead atoms. The van der Waals surface area contributed by atoms with Crippen LogP contribution in [-0.4, -0.2) is 17.2 Å². The van der Waals surface area contributed by atoms with E-state index < -0.39 is 0 Å². The lowest BCUT2D eigenvalue weighted by Crippen LogP contribution is -2.64. The van der Waals surface area contributed by atoms with E-state index in [1.54, 1.807) is 0 Å². The minimum absolute atomic E-state index is 0.0500. The van der Waals surface area contributed by atoms with E-state index in [1.807, 2.05) is 0 Å². The molecule has 176 valence electrons. The fourth-order valence-corrected chi connectivity index (χ4v) is 6.78. The topological polar surface area (TPSA) is 19.4 Å². The Morgan fingerprint density at radius 2 is 1.68 bits per heavy atom. The molecule has 3 atom stereocenters. The molecule has 2 aromatic carbocycles. The lowest BCUT2D eigenvalue weighted by atomic mass is 9.54. The first kappa shape index (κ1) is 22.7. The molecule has 5 rings (SSSR count). The van der Waals surface area contributed by atoms with E-state index in [9.17, 15) is 0 Å². The molecule has 0 saturated carbocycles. The minimum atomic E-state index is -0.118.